The zero-order chi connectivity index (χ0) is 13.2. The summed E-state index contributed by atoms with van der Waals surface area (Å²) in [6.45, 7) is 2.14. The third-order valence-electron chi connectivity index (χ3n) is 2.83. The van der Waals surface area contributed by atoms with Gasteiger partial charge in [-0.2, -0.15) is 5.10 Å². The van der Waals surface area contributed by atoms with Crippen molar-refractivity contribution in [3.8, 4) is 11.3 Å². The molecular weight excluding hydrogens is 260 g/mol. The molecule has 1 N–H and O–H groups in total. The summed E-state index contributed by atoms with van der Waals surface area (Å²) in [4.78, 5) is 11.6. The Bertz CT molecular complexity index is 730. The average Bonchev–Trinajstić information content (AvgIpc) is 3.05. The quantitative estimate of drug-likeness (QED) is 0.743. The van der Waals surface area contributed by atoms with Gasteiger partial charge < -0.3 is 4.74 Å². The number of aromatic nitrogens is 2. The van der Waals surface area contributed by atoms with E-state index in [4.69, 9.17) is 4.74 Å². The Kier molecular flexibility index (Phi) is 3.05. The fraction of sp³-hybridized carbons (Fsp3) is 0.143. The second-order valence-electron chi connectivity index (χ2n) is 4.03. The highest BCUT2D eigenvalue weighted by Gasteiger charge is 2.14. The van der Waals surface area contributed by atoms with Crippen LogP contribution in [-0.2, 0) is 4.74 Å². The molecule has 0 spiro atoms. The number of ether oxygens (including phenoxy) is 1. The van der Waals surface area contributed by atoms with Crippen LogP contribution in [0.5, 0.6) is 0 Å². The highest BCUT2D eigenvalue weighted by Crippen LogP contribution is 2.32. The van der Waals surface area contributed by atoms with E-state index in [1.807, 2.05) is 12.1 Å². The van der Waals surface area contributed by atoms with Crippen LogP contribution in [-0.4, -0.2) is 22.8 Å². The number of hydrogen-bond donors (Lipinski definition) is 1. The molecule has 0 atom stereocenters. The van der Waals surface area contributed by atoms with Gasteiger partial charge in [-0.25, -0.2) is 4.79 Å². The SMILES string of the molecule is CCOC(=O)c1cc(-c2csc3ccccc23)n[nH]1. The summed E-state index contributed by atoms with van der Waals surface area (Å²) in [5, 5.41) is 10.1. The van der Waals surface area contributed by atoms with Gasteiger partial charge in [0, 0.05) is 21.0 Å². The molecule has 0 unspecified atom stereocenters. The van der Waals surface area contributed by atoms with E-state index in [2.05, 4.69) is 27.7 Å². The Hall–Kier alpha value is -2.14. The minimum Gasteiger partial charge on any atom is -0.461 e. The third kappa shape index (κ3) is 2.13. The normalized spacial score (nSPS) is 10.8. The van der Waals surface area contributed by atoms with Crippen LogP contribution in [0.15, 0.2) is 35.7 Å². The maximum atomic E-state index is 11.6. The number of rotatable bonds is 3. The standard InChI is InChI=1S/C14H12N2O2S/c1-2-18-14(17)12-7-11(15-16-12)10-8-19-13-6-4-3-5-9(10)13/h3-8H,2H2,1H3,(H,15,16). The smallest absolute Gasteiger partial charge is 0.356 e. The van der Waals surface area contributed by atoms with Gasteiger partial charge in [0.2, 0.25) is 0 Å². The number of nitrogens with zero attached hydrogens (tertiary/aromatic N) is 1. The topological polar surface area (TPSA) is 55.0 Å². The van der Waals surface area contributed by atoms with E-state index in [0.29, 0.717) is 12.3 Å². The van der Waals surface area contributed by atoms with Crippen molar-refractivity contribution >= 4 is 27.4 Å². The van der Waals surface area contributed by atoms with Crippen LogP contribution >= 0.6 is 11.3 Å². The van der Waals surface area contributed by atoms with Crippen molar-refractivity contribution in [2.45, 2.75) is 6.92 Å². The summed E-state index contributed by atoms with van der Waals surface area (Å²) in [7, 11) is 0. The molecule has 0 aliphatic carbocycles. The number of aromatic amines is 1. The van der Waals surface area contributed by atoms with Gasteiger partial charge in [-0.3, -0.25) is 5.10 Å². The first-order valence-corrected chi connectivity index (χ1v) is 6.86. The number of esters is 1. The van der Waals surface area contributed by atoms with E-state index in [1.165, 1.54) is 4.70 Å². The van der Waals surface area contributed by atoms with Crippen LogP contribution in [0, 0.1) is 0 Å². The van der Waals surface area contributed by atoms with Gasteiger partial charge in [0.1, 0.15) is 5.69 Å². The van der Waals surface area contributed by atoms with E-state index in [9.17, 15) is 4.79 Å². The number of nitrogens with one attached hydrogen (secondary N) is 1. The van der Waals surface area contributed by atoms with Crippen LogP contribution in [0.25, 0.3) is 21.3 Å². The number of carbonyl (C=O) groups is 1. The Morgan fingerprint density at radius 2 is 2.26 bits per heavy atom. The molecule has 0 aliphatic heterocycles. The Morgan fingerprint density at radius 1 is 1.42 bits per heavy atom. The lowest BCUT2D eigenvalue weighted by molar-refractivity contribution is 0.0519. The molecule has 3 aromatic rings. The number of H-pyrrole nitrogens is 1. The molecule has 0 amide bonds. The molecule has 19 heavy (non-hydrogen) atoms. The summed E-state index contributed by atoms with van der Waals surface area (Å²) in [6.07, 6.45) is 0. The lowest BCUT2D eigenvalue weighted by Crippen LogP contribution is -2.04. The van der Waals surface area contributed by atoms with E-state index in [1.54, 1.807) is 24.3 Å². The fourth-order valence-electron chi connectivity index (χ4n) is 1.95. The number of thiophene rings is 1. The van der Waals surface area contributed by atoms with Gasteiger partial charge >= 0.3 is 5.97 Å². The molecule has 3 rings (SSSR count). The zero-order valence-corrected chi connectivity index (χ0v) is 11.2. The average molecular weight is 272 g/mol. The van der Waals surface area contributed by atoms with Crippen molar-refractivity contribution in [3.63, 3.8) is 0 Å². The Morgan fingerprint density at radius 3 is 3.11 bits per heavy atom. The van der Waals surface area contributed by atoms with Crippen LogP contribution < -0.4 is 0 Å². The van der Waals surface area contributed by atoms with Crippen molar-refractivity contribution in [1.29, 1.82) is 0 Å². The predicted molar refractivity (Wildman–Crippen MR) is 75.4 cm³/mol. The largest absolute Gasteiger partial charge is 0.461 e. The monoisotopic (exact) mass is 272 g/mol. The molecule has 0 radical (unpaired) electrons. The molecule has 4 nitrogen and oxygen atoms in total. The first-order chi connectivity index (χ1) is 9.29. The maximum absolute atomic E-state index is 11.6. The molecule has 0 bridgehead atoms. The second-order valence-corrected chi connectivity index (χ2v) is 4.94. The van der Waals surface area contributed by atoms with Gasteiger partial charge in [-0.15, -0.1) is 11.3 Å². The molecule has 0 saturated heterocycles. The highest BCUT2D eigenvalue weighted by molar-refractivity contribution is 7.17. The maximum Gasteiger partial charge on any atom is 0.356 e. The Balaban J connectivity index is 2.01. The summed E-state index contributed by atoms with van der Waals surface area (Å²) in [5.74, 6) is -0.374. The number of carbonyl (C=O) groups excluding carboxylic acids is 1. The molecule has 5 heteroatoms. The minimum atomic E-state index is -0.374. The summed E-state index contributed by atoms with van der Waals surface area (Å²) >= 11 is 1.67. The minimum absolute atomic E-state index is 0.356. The van der Waals surface area contributed by atoms with E-state index in [0.717, 1.165) is 16.6 Å². The molecule has 2 aromatic heterocycles. The van der Waals surface area contributed by atoms with E-state index >= 15 is 0 Å². The van der Waals surface area contributed by atoms with Crippen LogP contribution in [0.4, 0.5) is 0 Å². The number of hydrogen-bond acceptors (Lipinski definition) is 4. The van der Waals surface area contributed by atoms with Gasteiger partial charge in [0.05, 0.1) is 12.3 Å². The highest BCUT2D eigenvalue weighted by atomic mass is 32.1. The zero-order valence-electron chi connectivity index (χ0n) is 10.3. The van der Waals surface area contributed by atoms with E-state index < -0.39 is 0 Å². The molecule has 0 aliphatic rings. The van der Waals surface area contributed by atoms with Crippen molar-refractivity contribution in [3.05, 3.63) is 41.4 Å². The van der Waals surface area contributed by atoms with E-state index in [-0.39, 0.29) is 5.97 Å². The fourth-order valence-corrected chi connectivity index (χ4v) is 2.90. The van der Waals surface area contributed by atoms with Crippen molar-refractivity contribution in [1.82, 2.24) is 10.2 Å². The van der Waals surface area contributed by atoms with Crippen molar-refractivity contribution in [2.75, 3.05) is 6.61 Å². The first-order valence-electron chi connectivity index (χ1n) is 5.98. The van der Waals surface area contributed by atoms with Crippen molar-refractivity contribution < 1.29 is 9.53 Å². The van der Waals surface area contributed by atoms with Crippen LogP contribution in [0.1, 0.15) is 17.4 Å². The van der Waals surface area contributed by atoms with Gasteiger partial charge in [-0.1, -0.05) is 18.2 Å². The summed E-state index contributed by atoms with van der Waals surface area (Å²) < 4.78 is 6.15. The predicted octanol–water partition coefficient (Wildman–Crippen LogP) is 3.47. The van der Waals surface area contributed by atoms with Gasteiger partial charge in [0.15, 0.2) is 0 Å². The molecular formula is C14H12N2O2S. The molecule has 0 fully saturated rings. The summed E-state index contributed by atoms with van der Waals surface area (Å²) in [6, 6.07) is 9.86. The molecule has 0 saturated carbocycles. The first kappa shape index (κ1) is 11.9. The lowest BCUT2D eigenvalue weighted by Gasteiger charge is -1.96. The van der Waals surface area contributed by atoms with Gasteiger partial charge in [0.25, 0.3) is 0 Å². The lowest BCUT2D eigenvalue weighted by atomic mass is 10.1. The molecule has 1 aromatic carbocycles. The number of benzene rings is 1. The van der Waals surface area contributed by atoms with Gasteiger partial charge in [-0.05, 0) is 19.1 Å². The van der Waals surface area contributed by atoms with Crippen molar-refractivity contribution in [2.24, 2.45) is 0 Å². The molecule has 2 heterocycles. The second kappa shape index (κ2) is 4.85. The van der Waals surface area contributed by atoms with Crippen LogP contribution in [0.3, 0.4) is 0 Å². The van der Waals surface area contributed by atoms with Crippen LogP contribution in [0.2, 0.25) is 0 Å². The number of fused-ring (bicyclic) bond motifs is 1. The third-order valence-corrected chi connectivity index (χ3v) is 3.79. The Labute approximate surface area is 114 Å². The summed E-state index contributed by atoms with van der Waals surface area (Å²) in [5.41, 5.74) is 2.18. The molecule has 96 valence electrons.